The molecule has 0 radical (unpaired) electrons. The summed E-state index contributed by atoms with van der Waals surface area (Å²) in [6.45, 7) is 15.2. The Morgan fingerprint density at radius 1 is 1.12 bits per heavy atom. The van der Waals surface area contributed by atoms with Crippen LogP contribution in [-0.2, 0) is 15.7 Å². The molecule has 1 fully saturated rings. The van der Waals surface area contributed by atoms with E-state index in [0.29, 0.717) is 73.0 Å². The molecular formula is C30H41N7O4S. The molecule has 0 aliphatic carbocycles. The van der Waals surface area contributed by atoms with E-state index in [0.717, 1.165) is 6.42 Å². The van der Waals surface area contributed by atoms with E-state index in [1.165, 1.54) is 0 Å². The van der Waals surface area contributed by atoms with Gasteiger partial charge < -0.3 is 19.7 Å². The van der Waals surface area contributed by atoms with E-state index >= 15 is 0 Å². The van der Waals surface area contributed by atoms with Crippen molar-refractivity contribution in [2.75, 3.05) is 36.5 Å². The van der Waals surface area contributed by atoms with Gasteiger partial charge in [-0.3, -0.25) is 9.52 Å². The van der Waals surface area contributed by atoms with E-state index < -0.39 is 16.9 Å². The number of carbonyl (C=O) groups is 1. The molecule has 3 aromatic rings. The minimum atomic E-state index is -1.86. The summed E-state index contributed by atoms with van der Waals surface area (Å²) in [7, 11) is -1.86. The maximum absolute atomic E-state index is 13.6. The first kappa shape index (κ1) is 30.0. The van der Waals surface area contributed by atoms with Gasteiger partial charge in [-0.25, -0.2) is 18.9 Å². The zero-order chi connectivity index (χ0) is 30.0. The van der Waals surface area contributed by atoms with Crippen molar-refractivity contribution in [2.45, 2.75) is 64.6 Å². The van der Waals surface area contributed by atoms with Gasteiger partial charge in [0.15, 0.2) is 21.8 Å². The molecule has 2 atom stereocenters. The Morgan fingerprint density at radius 2 is 1.90 bits per heavy atom. The molecule has 3 aromatic heterocycles. The summed E-state index contributed by atoms with van der Waals surface area (Å²) < 4.78 is 29.7. The van der Waals surface area contributed by atoms with Crippen LogP contribution in [0.25, 0.3) is 5.82 Å². The van der Waals surface area contributed by atoms with E-state index in [1.54, 1.807) is 41.2 Å². The van der Waals surface area contributed by atoms with Crippen LogP contribution in [-0.4, -0.2) is 67.8 Å². The molecule has 2 N–H and O–H groups in total. The molecule has 226 valence electrons. The second-order valence-corrected chi connectivity index (χ2v) is 13.4. The molecule has 1 saturated heterocycles. The first-order valence-corrected chi connectivity index (χ1v) is 15.7. The van der Waals surface area contributed by atoms with Gasteiger partial charge in [0.05, 0.1) is 24.9 Å². The second-order valence-electron chi connectivity index (χ2n) is 12.2. The Morgan fingerprint density at radius 3 is 2.67 bits per heavy atom. The number of hydrogen-bond acceptors (Lipinski definition) is 9. The van der Waals surface area contributed by atoms with Gasteiger partial charge in [0.25, 0.3) is 5.91 Å². The molecule has 5 rings (SSSR count). The van der Waals surface area contributed by atoms with Crippen LogP contribution in [0.1, 0.15) is 58.3 Å². The fourth-order valence-electron chi connectivity index (χ4n) is 5.68. The Balaban J connectivity index is 1.47. The number of hydrogen-bond donors (Lipinski definition) is 2. The molecule has 2 aliphatic rings. The second kappa shape index (κ2) is 12.4. The normalized spacial score (nSPS) is 20.6. The lowest BCUT2D eigenvalue weighted by molar-refractivity contribution is 0.0710. The van der Waals surface area contributed by atoms with Gasteiger partial charge in [-0.2, -0.15) is 0 Å². The van der Waals surface area contributed by atoms with Crippen LogP contribution >= 0.6 is 0 Å². The van der Waals surface area contributed by atoms with Crippen molar-refractivity contribution in [1.29, 1.82) is 0 Å². The van der Waals surface area contributed by atoms with E-state index in [2.05, 4.69) is 66.6 Å². The first-order valence-electron chi connectivity index (χ1n) is 14.5. The number of aromatic nitrogens is 4. The van der Waals surface area contributed by atoms with Crippen molar-refractivity contribution in [3.63, 3.8) is 0 Å². The molecule has 1 amide bonds. The van der Waals surface area contributed by atoms with Crippen LogP contribution in [0.3, 0.4) is 0 Å². The predicted octanol–water partition coefficient (Wildman–Crippen LogP) is 4.22. The van der Waals surface area contributed by atoms with Gasteiger partial charge in [-0.05, 0) is 62.3 Å². The predicted molar refractivity (Wildman–Crippen MR) is 162 cm³/mol. The highest BCUT2D eigenvalue weighted by Gasteiger charge is 2.41. The van der Waals surface area contributed by atoms with E-state index in [4.69, 9.17) is 14.5 Å². The Labute approximate surface area is 250 Å². The van der Waals surface area contributed by atoms with Gasteiger partial charge in [-0.15, -0.1) is 5.10 Å². The average molecular weight is 596 g/mol. The van der Waals surface area contributed by atoms with Crippen molar-refractivity contribution < 1.29 is 18.5 Å². The Bertz CT molecular complexity index is 1430. The number of anilines is 2. The number of amides is 1. The lowest BCUT2D eigenvalue weighted by atomic mass is 9.86. The van der Waals surface area contributed by atoms with Crippen LogP contribution in [0.5, 0.6) is 5.88 Å². The molecule has 42 heavy (non-hydrogen) atoms. The number of fused-ring (bicyclic) bond motifs is 6. The number of pyridine rings is 2. The summed E-state index contributed by atoms with van der Waals surface area (Å²) in [6.07, 6.45) is 2.51. The van der Waals surface area contributed by atoms with Crippen LogP contribution in [0, 0.1) is 17.8 Å². The average Bonchev–Trinajstić information content (AvgIpc) is 3.53. The first-order chi connectivity index (χ1) is 20.0. The zero-order valence-corrected chi connectivity index (χ0v) is 26.0. The summed E-state index contributed by atoms with van der Waals surface area (Å²) in [6, 6.07) is 10.4. The number of nitrogens with one attached hydrogen (secondary N) is 2. The summed E-state index contributed by atoms with van der Waals surface area (Å²) >= 11 is 0. The molecule has 2 unspecified atom stereocenters. The van der Waals surface area contributed by atoms with Crippen LogP contribution in [0.15, 0.2) is 47.6 Å². The molecular weight excluding hydrogens is 554 g/mol. The minimum absolute atomic E-state index is 0.0544. The van der Waals surface area contributed by atoms with Gasteiger partial charge in [0.1, 0.15) is 11.6 Å². The Kier molecular flexibility index (Phi) is 8.84. The van der Waals surface area contributed by atoms with Crippen molar-refractivity contribution in [3.8, 4) is 11.7 Å². The zero-order valence-electron chi connectivity index (χ0n) is 25.2. The monoisotopic (exact) mass is 595 g/mol. The maximum Gasteiger partial charge on any atom is 0.267 e. The Hall–Kier alpha value is -3.51. The van der Waals surface area contributed by atoms with Crippen molar-refractivity contribution in [1.82, 2.24) is 24.5 Å². The van der Waals surface area contributed by atoms with E-state index in [1.807, 2.05) is 6.07 Å². The molecule has 2 aliphatic heterocycles. The van der Waals surface area contributed by atoms with E-state index in [9.17, 15) is 9.00 Å². The summed E-state index contributed by atoms with van der Waals surface area (Å²) in [4.78, 5) is 25.0. The summed E-state index contributed by atoms with van der Waals surface area (Å²) in [5.41, 5.74) is -0.0348. The highest BCUT2D eigenvalue weighted by atomic mass is 32.2. The molecule has 0 spiro atoms. The van der Waals surface area contributed by atoms with Crippen LogP contribution < -0.4 is 19.7 Å². The van der Waals surface area contributed by atoms with Crippen LogP contribution in [0.2, 0.25) is 0 Å². The number of rotatable bonds is 6. The quantitative estimate of drug-likeness (QED) is 0.431. The fourth-order valence-corrected chi connectivity index (χ4v) is 6.44. The third-order valence-electron chi connectivity index (χ3n) is 8.00. The maximum atomic E-state index is 13.6. The van der Waals surface area contributed by atoms with Crippen molar-refractivity contribution in [2.24, 2.45) is 17.8 Å². The largest absolute Gasteiger partial charge is 0.476 e. The molecule has 11 nitrogen and oxygen atoms in total. The third-order valence-corrected chi connectivity index (χ3v) is 8.98. The number of nitrogens with zero attached hydrogens (tertiary/aromatic N) is 5. The van der Waals surface area contributed by atoms with Gasteiger partial charge in [0, 0.05) is 30.9 Å². The summed E-state index contributed by atoms with van der Waals surface area (Å²) in [5, 5.41) is 8.08. The molecule has 5 heterocycles. The highest BCUT2D eigenvalue weighted by Crippen LogP contribution is 2.36. The topological polar surface area (TPSA) is 123 Å². The molecule has 12 heteroatoms. The summed E-state index contributed by atoms with van der Waals surface area (Å²) in [5.74, 6) is 3.00. The van der Waals surface area contributed by atoms with Gasteiger partial charge in [0.2, 0.25) is 5.88 Å². The lowest BCUT2D eigenvalue weighted by Gasteiger charge is -2.33. The molecule has 0 aromatic carbocycles. The SMILES string of the molecule is CC(C)C(COc1ccn(-c2ccc3c(n2)N2CC(CC2(C)C)OCCNc2cccc(n2)S(=O)NC3=O)n1)C(C)C. The molecule has 0 saturated carbocycles. The van der Waals surface area contributed by atoms with Crippen molar-refractivity contribution >= 4 is 28.5 Å². The van der Waals surface area contributed by atoms with Gasteiger partial charge in [-0.1, -0.05) is 33.8 Å². The van der Waals surface area contributed by atoms with Gasteiger partial charge >= 0.3 is 0 Å². The minimum Gasteiger partial charge on any atom is -0.476 e. The third kappa shape index (κ3) is 6.59. The number of ether oxygens (including phenoxy) is 2. The van der Waals surface area contributed by atoms with E-state index in [-0.39, 0.29) is 16.7 Å². The fraction of sp³-hybridized carbons (Fsp3) is 0.533. The lowest BCUT2D eigenvalue weighted by Crippen LogP contribution is -2.40. The smallest absolute Gasteiger partial charge is 0.267 e. The standard InChI is InChI=1S/C30H41N7O4S/c1-19(2)23(20(3)4)18-41-26-12-14-37(34-26)25-11-10-22-28(33-25)36-17-21(16-30(36,5)6)40-15-13-31-24-8-7-9-27(32-24)42(39)35-29(22)38/h7-12,14,19-21,23H,13,15-18H2,1-6H3,(H,31,32)(H,35,38). The molecule has 4 bridgehead atoms. The highest BCUT2D eigenvalue weighted by molar-refractivity contribution is 7.83. The van der Waals surface area contributed by atoms with Crippen molar-refractivity contribution in [3.05, 3.63) is 48.2 Å². The van der Waals surface area contributed by atoms with Crippen LogP contribution in [0.4, 0.5) is 11.6 Å². The number of carbonyl (C=O) groups excluding carboxylic acids is 1.